The van der Waals surface area contributed by atoms with Gasteiger partial charge in [0.15, 0.2) is 0 Å². The smallest absolute Gasteiger partial charge is 0.127 e. The zero-order valence-electron chi connectivity index (χ0n) is 46.9. The summed E-state index contributed by atoms with van der Waals surface area (Å²) < 4.78 is 26.9. The van der Waals surface area contributed by atoms with Crippen molar-refractivity contribution >= 4 is 89.6 Å². The van der Waals surface area contributed by atoms with Crippen LogP contribution in [0.25, 0.3) is 71.7 Å². The van der Waals surface area contributed by atoms with Gasteiger partial charge in [-0.2, -0.15) is 0 Å². The molecule has 0 radical (unpaired) electrons. The van der Waals surface area contributed by atoms with Crippen molar-refractivity contribution in [2.45, 2.75) is 143 Å². The summed E-state index contributed by atoms with van der Waals surface area (Å²) in [4.78, 5) is 10.7. The molecule has 6 heterocycles. The topological polar surface area (TPSA) is 36.9 Å². The molecule has 0 aliphatic heterocycles. The van der Waals surface area contributed by atoms with Crippen LogP contribution in [-0.2, 0) is 35.5 Å². The largest absolute Gasteiger partial charge is 0.493 e. The highest BCUT2D eigenvalue weighted by atomic mass is 32.1. The van der Waals surface area contributed by atoms with Crippen LogP contribution in [0, 0.1) is 0 Å². The summed E-state index contributed by atoms with van der Waals surface area (Å²) in [5, 5.41) is 13.3. The maximum absolute atomic E-state index is 6.94. The van der Waals surface area contributed by atoms with Gasteiger partial charge in [-0.25, -0.2) is 0 Å². The quantitative estimate of drug-likeness (QED) is 0.0371. The maximum atomic E-state index is 6.94. The van der Waals surface area contributed by atoms with Crippen molar-refractivity contribution in [3.8, 4) is 61.6 Å². The van der Waals surface area contributed by atoms with Gasteiger partial charge in [-0.15, -0.1) is 68.0 Å². The molecule has 0 aliphatic rings. The van der Waals surface area contributed by atoms with Gasteiger partial charge in [0.05, 0.1) is 39.6 Å². The van der Waals surface area contributed by atoms with Crippen molar-refractivity contribution in [1.29, 1.82) is 0 Å². The first-order valence-electron chi connectivity index (χ1n) is 29.6. The second-order valence-corrected chi connectivity index (χ2v) is 27.0. The number of unbranched alkanes of at least 4 members (excludes halogenated alkanes) is 14. The molecule has 0 amide bonds. The number of rotatable bonds is 35. The molecule has 0 N–H and O–H groups in total. The minimum Gasteiger partial charge on any atom is -0.493 e. The third-order valence-electron chi connectivity index (χ3n) is 15.1. The average molecular weight is 1180 g/mol. The van der Waals surface area contributed by atoms with Gasteiger partial charge in [-0.1, -0.05) is 164 Å². The van der Waals surface area contributed by atoms with E-state index in [0.29, 0.717) is 39.6 Å². The van der Waals surface area contributed by atoms with Crippen molar-refractivity contribution in [2.24, 2.45) is 0 Å². The van der Waals surface area contributed by atoms with Gasteiger partial charge in [0.1, 0.15) is 11.5 Å². The van der Waals surface area contributed by atoms with Crippen LogP contribution in [-0.4, -0.2) is 26.4 Å². The Morgan fingerprint density at radius 1 is 0.350 bits per heavy atom. The van der Waals surface area contributed by atoms with E-state index in [-0.39, 0.29) is 0 Å². The van der Waals surface area contributed by atoms with E-state index < -0.39 is 0 Å². The summed E-state index contributed by atoms with van der Waals surface area (Å²) in [6.45, 7) is 8.34. The molecule has 4 aromatic carbocycles. The van der Waals surface area contributed by atoms with Crippen LogP contribution in [0.1, 0.15) is 139 Å². The fraction of sp³-hybridized carbons (Fsp3) is 0.371. The van der Waals surface area contributed by atoms with Gasteiger partial charge < -0.3 is 18.9 Å². The Hall–Kier alpha value is -4.88. The Balaban J connectivity index is 0.898. The minimum atomic E-state index is 0.545. The van der Waals surface area contributed by atoms with Crippen molar-refractivity contribution < 1.29 is 18.9 Å². The van der Waals surface area contributed by atoms with Crippen LogP contribution in [0.2, 0.25) is 0 Å². The molecule has 10 rings (SSSR count). The summed E-state index contributed by atoms with van der Waals surface area (Å²) in [6.07, 6.45) is 21.9. The molecule has 0 atom stereocenters. The van der Waals surface area contributed by atoms with E-state index in [1.165, 1.54) is 151 Å². The van der Waals surface area contributed by atoms with Gasteiger partial charge in [0.25, 0.3) is 0 Å². The molecule has 10 aromatic rings. The highest BCUT2D eigenvalue weighted by Gasteiger charge is 2.21. The Labute approximate surface area is 500 Å². The van der Waals surface area contributed by atoms with E-state index >= 15 is 0 Å². The molecule has 0 saturated heterocycles. The van der Waals surface area contributed by atoms with E-state index in [1.54, 1.807) is 22.7 Å². The lowest BCUT2D eigenvalue weighted by Gasteiger charge is -2.20. The third-order valence-corrected chi connectivity index (χ3v) is 21.6. The van der Waals surface area contributed by atoms with Crippen LogP contribution in [0.4, 0.5) is 0 Å². The zero-order chi connectivity index (χ0) is 54.6. The van der Waals surface area contributed by atoms with Crippen molar-refractivity contribution in [1.82, 2.24) is 0 Å². The van der Waals surface area contributed by atoms with Gasteiger partial charge >= 0.3 is 0 Å². The Kier molecular flexibility index (Phi) is 22.6. The molecule has 418 valence electrons. The summed E-state index contributed by atoms with van der Waals surface area (Å²) in [5.74, 6) is 1.83. The van der Waals surface area contributed by atoms with Crippen molar-refractivity contribution in [2.75, 3.05) is 26.4 Å². The van der Waals surface area contributed by atoms with E-state index in [0.717, 1.165) is 70.2 Å². The average Bonchev–Trinajstić information content (AvgIpc) is 4.38. The summed E-state index contributed by atoms with van der Waals surface area (Å²) >= 11 is 11.0. The first kappa shape index (κ1) is 58.3. The molecule has 6 aromatic heterocycles. The van der Waals surface area contributed by atoms with Gasteiger partial charge in [-0.3, -0.25) is 0 Å². The summed E-state index contributed by atoms with van der Waals surface area (Å²) in [6, 6.07) is 45.0. The van der Waals surface area contributed by atoms with Crippen LogP contribution < -0.4 is 9.47 Å². The van der Waals surface area contributed by atoms with E-state index in [1.807, 2.05) is 45.3 Å². The third kappa shape index (κ3) is 15.8. The fourth-order valence-electron chi connectivity index (χ4n) is 10.8. The number of benzene rings is 4. The molecule has 0 fully saturated rings. The second kappa shape index (κ2) is 31.0. The molecule has 80 heavy (non-hydrogen) atoms. The maximum Gasteiger partial charge on any atom is 0.127 e. The molecule has 4 nitrogen and oxygen atoms in total. The van der Waals surface area contributed by atoms with Crippen molar-refractivity contribution in [3.05, 3.63) is 165 Å². The van der Waals surface area contributed by atoms with Crippen molar-refractivity contribution in [3.63, 3.8) is 0 Å². The number of ether oxygens (including phenoxy) is 4. The molecule has 0 unspecified atom stereocenters. The number of thiophene rings is 6. The molecule has 0 aliphatic carbocycles. The SMILES string of the molecule is CCCCCCCCCCOc1ccc2cc(COCCc3cc(-c4cccs4)sc3-c3cccs3)ccc2c1-c1c(OCCCCCCCCCC)ccc2cc(COCCc3cc(-c4cccs4)sc3-c3cccs3)ccc12. The summed E-state index contributed by atoms with van der Waals surface area (Å²) in [5.41, 5.74) is 7.26. The molecule has 0 spiro atoms. The molecular weight excluding hydrogens is 1100 g/mol. The lowest BCUT2D eigenvalue weighted by Crippen LogP contribution is -2.03. The van der Waals surface area contributed by atoms with Gasteiger partial charge in [0, 0.05) is 50.1 Å². The molecular formula is C70H78O4S6. The fourth-order valence-corrected chi connectivity index (χ4v) is 16.6. The number of fused-ring (bicyclic) bond motifs is 2. The van der Waals surface area contributed by atoms with Crippen LogP contribution in [0.15, 0.2) is 143 Å². The monoisotopic (exact) mass is 1170 g/mol. The predicted octanol–water partition coefficient (Wildman–Crippen LogP) is 23.3. The van der Waals surface area contributed by atoms with E-state index in [4.69, 9.17) is 18.9 Å². The number of hydrogen-bond acceptors (Lipinski definition) is 10. The molecule has 10 heteroatoms. The van der Waals surface area contributed by atoms with Gasteiger partial charge in [-0.05, 0) is 152 Å². The minimum absolute atomic E-state index is 0.545. The highest BCUT2D eigenvalue weighted by Crippen LogP contribution is 2.47. The normalized spacial score (nSPS) is 11.7. The highest BCUT2D eigenvalue weighted by molar-refractivity contribution is 7.26. The van der Waals surface area contributed by atoms with Crippen LogP contribution in [0.5, 0.6) is 11.5 Å². The number of hydrogen-bond donors (Lipinski definition) is 0. The van der Waals surface area contributed by atoms with Crippen LogP contribution in [0.3, 0.4) is 0 Å². The summed E-state index contributed by atoms with van der Waals surface area (Å²) in [7, 11) is 0. The first-order chi connectivity index (χ1) is 39.6. The first-order valence-corrected chi connectivity index (χ1v) is 34.7. The Bertz CT molecular complexity index is 3150. The molecule has 0 bridgehead atoms. The lowest BCUT2D eigenvalue weighted by molar-refractivity contribution is 0.124. The molecule has 0 saturated carbocycles. The van der Waals surface area contributed by atoms with Crippen LogP contribution >= 0.6 is 68.0 Å². The Morgan fingerprint density at radius 2 is 0.738 bits per heavy atom. The van der Waals surface area contributed by atoms with E-state index in [2.05, 4.69) is 157 Å². The zero-order valence-corrected chi connectivity index (χ0v) is 51.8. The standard InChI is InChI=1S/C70H78O4S6/c1-3-5-7-9-11-13-15-17-37-73-59-33-29-53-45-51(49-71-39-35-55-47-65(61-23-19-41-75-61)79-69(55)63-25-21-43-77-63)27-31-57(53)67(59)68-58-32-28-52(46-54(58)30-34-60(68)74-38-18-16-14-12-10-8-6-4-2)50-72-40-36-56-48-66(62-24-20-42-76-62)80-70(56)64-26-22-44-78-64/h19-34,41-48H,3-18,35-40,49-50H2,1-2H3. The predicted molar refractivity (Wildman–Crippen MR) is 352 cm³/mol. The Morgan fingerprint density at radius 3 is 1.12 bits per heavy atom. The van der Waals surface area contributed by atoms with E-state index in [9.17, 15) is 0 Å². The second-order valence-electron chi connectivity index (χ2n) is 21.1. The van der Waals surface area contributed by atoms with Gasteiger partial charge in [0.2, 0.25) is 0 Å². The lowest BCUT2D eigenvalue weighted by atomic mass is 9.91.